The highest BCUT2D eigenvalue weighted by Gasteiger charge is 2.24. The first-order chi connectivity index (χ1) is 16.0. The van der Waals surface area contributed by atoms with Gasteiger partial charge in [-0.3, -0.25) is 9.59 Å². The Bertz CT molecular complexity index is 1210. The van der Waals surface area contributed by atoms with Crippen molar-refractivity contribution in [2.24, 2.45) is 0 Å². The summed E-state index contributed by atoms with van der Waals surface area (Å²) >= 11 is 0. The third kappa shape index (κ3) is 4.82. The zero-order valence-corrected chi connectivity index (χ0v) is 19.1. The van der Waals surface area contributed by atoms with E-state index in [-0.39, 0.29) is 17.9 Å². The molecule has 7 heteroatoms. The Hall–Kier alpha value is -3.48. The first-order valence-corrected chi connectivity index (χ1v) is 11.7. The number of aryl methyl sites for hydroxylation is 1. The number of fused-ring (bicyclic) bond motifs is 1. The molecule has 0 atom stereocenters. The molecule has 3 aromatic rings. The molecule has 2 fully saturated rings. The van der Waals surface area contributed by atoms with Gasteiger partial charge in [0.15, 0.2) is 0 Å². The Morgan fingerprint density at radius 3 is 2.45 bits per heavy atom. The Morgan fingerprint density at radius 1 is 0.970 bits per heavy atom. The molecule has 0 radical (unpaired) electrons. The number of nitrogens with one attached hydrogen (secondary N) is 2. The predicted octanol–water partition coefficient (Wildman–Crippen LogP) is 3.60. The highest BCUT2D eigenvalue weighted by molar-refractivity contribution is 5.96. The number of carbonyl (C=O) groups excluding carboxylic acids is 2. The molecule has 1 saturated heterocycles. The van der Waals surface area contributed by atoms with Crippen LogP contribution in [-0.4, -0.2) is 47.0 Å². The number of aromatic nitrogens is 2. The van der Waals surface area contributed by atoms with E-state index in [9.17, 15) is 9.59 Å². The first kappa shape index (κ1) is 21.4. The molecule has 2 N–H and O–H groups in total. The Kier molecular flexibility index (Phi) is 5.70. The SMILES string of the molecule is CC(=O)NC1CCN(c2ncc3cc(-c4cc(C(=O)NC5CC5)ccc4C)ccc3n2)CC1. The lowest BCUT2D eigenvalue weighted by Gasteiger charge is -2.32. The van der Waals surface area contributed by atoms with Crippen LogP contribution in [0.5, 0.6) is 0 Å². The smallest absolute Gasteiger partial charge is 0.251 e. The van der Waals surface area contributed by atoms with Crippen LogP contribution in [0, 0.1) is 6.92 Å². The third-order valence-corrected chi connectivity index (χ3v) is 6.48. The minimum Gasteiger partial charge on any atom is -0.353 e. The largest absolute Gasteiger partial charge is 0.353 e. The summed E-state index contributed by atoms with van der Waals surface area (Å²) in [5.41, 5.74) is 4.81. The molecule has 0 unspecified atom stereocenters. The summed E-state index contributed by atoms with van der Waals surface area (Å²) in [5.74, 6) is 0.747. The second kappa shape index (κ2) is 8.81. The molecule has 1 aromatic heterocycles. The summed E-state index contributed by atoms with van der Waals surface area (Å²) < 4.78 is 0. The van der Waals surface area contributed by atoms with Gasteiger partial charge in [-0.05, 0) is 73.6 Å². The van der Waals surface area contributed by atoms with E-state index in [2.05, 4.69) is 39.6 Å². The van der Waals surface area contributed by atoms with E-state index in [1.54, 1.807) is 6.92 Å². The van der Waals surface area contributed by atoms with Crippen LogP contribution in [0.15, 0.2) is 42.6 Å². The molecule has 2 aromatic carbocycles. The van der Waals surface area contributed by atoms with Gasteiger partial charge in [-0.2, -0.15) is 0 Å². The van der Waals surface area contributed by atoms with Gasteiger partial charge in [-0.15, -0.1) is 0 Å². The molecule has 2 aliphatic rings. The zero-order valence-electron chi connectivity index (χ0n) is 19.1. The van der Waals surface area contributed by atoms with Crippen molar-refractivity contribution in [1.29, 1.82) is 0 Å². The van der Waals surface area contributed by atoms with Crippen molar-refractivity contribution in [3.8, 4) is 11.1 Å². The molecule has 2 heterocycles. The van der Waals surface area contributed by atoms with Crippen molar-refractivity contribution < 1.29 is 9.59 Å². The van der Waals surface area contributed by atoms with Gasteiger partial charge in [0.1, 0.15) is 0 Å². The maximum atomic E-state index is 12.5. The number of hydrogen-bond acceptors (Lipinski definition) is 5. The molecular formula is C26H29N5O2. The summed E-state index contributed by atoms with van der Waals surface area (Å²) in [6.45, 7) is 5.27. The van der Waals surface area contributed by atoms with Gasteiger partial charge >= 0.3 is 0 Å². The number of rotatable bonds is 5. The van der Waals surface area contributed by atoms with E-state index < -0.39 is 0 Å². The zero-order chi connectivity index (χ0) is 22.9. The van der Waals surface area contributed by atoms with Gasteiger partial charge in [0.2, 0.25) is 11.9 Å². The van der Waals surface area contributed by atoms with Gasteiger partial charge in [-0.1, -0.05) is 12.1 Å². The number of benzene rings is 2. The van der Waals surface area contributed by atoms with Crippen LogP contribution < -0.4 is 15.5 Å². The predicted molar refractivity (Wildman–Crippen MR) is 129 cm³/mol. The molecule has 170 valence electrons. The van der Waals surface area contributed by atoms with E-state index in [0.29, 0.717) is 11.6 Å². The number of piperidine rings is 1. The molecule has 1 aliphatic heterocycles. The van der Waals surface area contributed by atoms with Gasteiger partial charge in [0.25, 0.3) is 5.91 Å². The van der Waals surface area contributed by atoms with E-state index in [1.807, 2.05) is 30.5 Å². The second-order valence-electron chi connectivity index (χ2n) is 9.18. The monoisotopic (exact) mass is 443 g/mol. The van der Waals surface area contributed by atoms with Gasteiger partial charge in [0.05, 0.1) is 5.52 Å². The van der Waals surface area contributed by atoms with Crippen LogP contribution >= 0.6 is 0 Å². The normalized spacial score (nSPS) is 16.6. The molecule has 0 bridgehead atoms. The fourth-order valence-corrected chi connectivity index (χ4v) is 4.43. The molecule has 5 rings (SSSR count). The van der Waals surface area contributed by atoms with Crippen molar-refractivity contribution in [1.82, 2.24) is 20.6 Å². The fraction of sp³-hybridized carbons (Fsp3) is 0.385. The lowest BCUT2D eigenvalue weighted by Crippen LogP contribution is -2.44. The summed E-state index contributed by atoms with van der Waals surface area (Å²) in [7, 11) is 0. The van der Waals surface area contributed by atoms with Crippen molar-refractivity contribution >= 4 is 28.7 Å². The fourth-order valence-electron chi connectivity index (χ4n) is 4.43. The number of anilines is 1. The van der Waals surface area contributed by atoms with Crippen molar-refractivity contribution in [2.75, 3.05) is 18.0 Å². The molecular weight excluding hydrogens is 414 g/mol. The first-order valence-electron chi connectivity index (χ1n) is 11.7. The third-order valence-electron chi connectivity index (χ3n) is 6.48. The highest BCUT2D eigenvalue weighted by Crippen LogP contribution is 2.29. The van der Waals surface area contributed by atoms with Gasteiger partial charge < -0.3 is 15.5 Å². The lowest BCUT2D eigenvalue weighted by molar-refractivity contribution is -0.119. The standard InChI is InChI=1S/C26H29N5O2/c1-16-3-4-19(25(33)29-21-6-7-21)14-23(16)18-5-8-24-20(13-18)15-27-26(30-24)31-11-9-22(10-12-31)28-17(2)32/h3-5,8,13-15,21-22H,6-7,9-12H2,1-2H3,(H,28,32)(H,29,33). The second-order valence-corrected chi connectivity index (χ2v) is 9.18. The number of carbonyl (C=O) groups is 2. The van der Waals surface area contributed by atoms with Crippen LogP contribution in [0.25, 0.3) is 22.0 Å². The van der Waals surface area contributed by atoms with Crippen LogP contribution in [0.3, 0.4) is 0 Å². The van der Waals surface area contributed by atoms with Crippen molar-refractivity contribution in [2.45, 2.75) is 51.6 Å². The summed E-state index contributed by atoms with van der Waals surface area (Å²) in [6, 6.07) is 12.6. The minimum absolute atomic E-state index is 0.00483. The van der Waals surface area contributed by atoms with Crippen LogP contribution in [0.4, 0.5) is 5.95 Å². The van der Waals surface area contributed by atoms with E-state index in [0.717, 1.165) is 72.3 Å². The Morgan fingerprint density at radius 2 is 1.73 bits per heavy atom. The van der Waals surface area contributed by atoms with Crippen LogP contribution in [-0.2, 0) is 4.79 Å². The average Bonchev–Trinajstić information content (AvgIpc) is 3.63. The minimum atomic E-state index is -0.00483. The molecule has 1 aliphatic carbocycles. The van der Waals surface area contributed by atoms with Crippen LogP contribution in [0.2, 0.25) is 0 Å². The Labute approximate surface area is 193 Å². The average molecular weight is 444 g/mol. The maximum absolute atomic E-state index is 12.5. The molecule has 33 heavy (non-hydrogen) atoms. The highest BCUT2D eigenvalue weighted by atomic mass is 16.2. The number of hydrogen-bond donors (Lipinski definition) is 2. The van der Waals surface area contributed by atoms with E-state index in [1.165, 1.54) is 0 Å². The summed E-state index contributed by atoms with van der Waals surface area (Å²) in [5, 5.41) is 7.03. The lowest BCUT2D eigenvalue weighted by atomic mass is 9.97. The molecule has 0 spiro atoms. The topological polar surface area (TPSA) is 87.2 Å². The molecule has 2 amide bonds. The van der Waals surface area contributed by atoms with E-state index >= 15 is 0 Å². The summed E-state index contributed by atoms with van der Waals surface area (Å²) in [6.07, 6.45) is 5.81. The maximum Gasteiger partial charge on any atom is 0.251 e. The van der Waals surface area contributed by atoms with Gasteiger partial charge in [-0.25, -0.2) is 9.97 Å². The van der Waals surface area contributed by atoms with Crippen LogP contribution in [0.1, 0.15) is 48.5 Å². The molecule has 7 nitrogen and oxygen atoms in total. The summed E-state index contributed by atoms with van der Waals surface area (Å²) in [4.78, 5) is 35.4. The van der Waals surface area contributed by atoms with Gasteiger partial charge in [0, 0.05) is 49.2 Å². The number of amides is 2. The quantitative estimate of drug-likeness (QED) is 0.629. The Balaban J connectivity index is 1.35. The van der Waals surface area contributed by atoms with E-state index in [4.69, 9.17) is 4.98 Å². The van der Waals surface area contributed by atoms with Crippen molar-refractivity contribution in [3.05, 3.63) is 53.7 Å². The molecule has 1 saturated carbocycles. The van der Waals surface area contributed by atoms with Crippen molar-refractivity contribution in [3.63, 3.8) is 0 Å². The number of nitrogens with zero attached hydrogens (tertiary/aromatic N) is 3.